The van der Waals surface area contributed by atoms with Crippen molar-refractivity contribution in [2.45, 2.75) is 0 Å². The second-order valence-corrected chi connectivity index (χ2v) is 6.84. The number of nitrogens with zero attached hydrogens (tertiary/aromatic N) is 3. The van der Waals surface area contributed by atoms with Crippen LogP contribution in [0.4, 0.5) is 0 Å². The van der Waals surface area contributed by atoms with Crippen molar-refractivity contribution in [1.82, 2.24) is 0 Å². The molecule has 0 saturated heterocycles. The highest BCUT2D eigenvalue weighted by atomic mass is 32.2. The molecule has 0 amide bonds. The summed E-state index contributed by atoms with van der Waals surface area (Å²) < 4.78 is 17.8. The molecule has 0 spiro atoms. The highest BCUT2D eigenvalue weighted by Gasteiger charge is 2.21. The zero-order valence-corrected chi connectivity index (χ0v) is 16.4. The van der Waals surface area contributed by atoms with Crippen LogP contribution in [-0.4, -0.2) is 13.0 Å². The summed E-state index contributed by atoms with van der Waals surface area (Å²) in [5, 5.41) is 31.3. The zero-order valence-electron chi connectivity index (χ0n) is 13.9. The Kier molecular flexibility index (Phi) is 6.33. The van der Waals surface area contributed by atoms with Crippen LogP contribution in [0.5, 0.6) is 17.2 Å². The Morgan fingerprint density at radius 2 is 1.43 bits per heavy atom. The number of rotatable bonds is 9. The fourth-order valence-corrected chi connectivity index (χ4v) is 3.10. The average Bonchev–Trinajstić information content (AvgIpc) is 2.69. The Hall–Kier alpha value is -3.44. The largest absolute Gasteiger partial charge is 0.468 e. The molecule has 0 aliphatic heterocycles. The maximum atomic E-state index is 13.0. The lowest BCUT2D eigenvalue weighted by molar-refractivity contribution is -0.291. The van der Waals surface area contributed by atoms with Crippen molar-refractivity contribution in [3.8, 4) is 17.2 Å². The van der Waals surface area contributed by atoms with Crippen molar-refractivity contribution in [3.05, 3.63) is 70.9 Å². The van der Waals surface area contributed by atoms with Gasteiger partial charge in [0, 0.05) is 6.07 Å². The molecule has 156 valence electrons. The van der Waals surface area contributed by atoms with Gasteiger partial charge in [-0.1, -0.05) is 6.07 Å². The van der Waals surface area contributed by atoms with Crippen LogP contribution in [0.2, 0.25) is 0 Å². The number of benzene rings is 2. The van der Waals surface area contributed by atoms with E-state index in [4.69, 9.17) is 17.0 Å². The fourth-order valence-electron chi connectivity index (χ4n) is 2.31. The van der Waals surface area contributed by atoms with E-state index in [0.717, 1.165) is 12.1 Å². The summed E-state index contributed by atoms with van der Waals surface area (Å²) >= 11 is -0.463. The van der Waals surface area contributed by atoms with Crippen molar-refractivity contribution in [2.24, 2.45) is 0 Å². The van der Waals surface area contributed by atoms with E-state index in [0.29, 0.717) is 0 Å². The van der Waals surface area contributed by atoms with Gasteiger partial charge in [0.05, 0.1) is 5.39 Å². The van der Waals surface area contributed by atoms with Crippen LogP contribution in [-0.2, 0) is 0 Å². The van der Waals surface area contributed by atoms with Crippen LogP contribution < -0.4 is 18.0 Å². The number of nitro groups is 3. The topological polar surface area (TPSA) is 187 Å². The third-order valence-corrected chi connectivity index (χ3v) is 4.41. The molecule has 0 radical (unpaired) electrons. The maximum absolute atomic E-state index is 13.0. The van der Waals surface area contributed by atoms with Crippen LogP contribution in [0.25, 0.3) is 21.9 Å². The second-order valence-electron chi connectivity index (χ2n) is 5.00. The van der Waals surface area contributed by atoms with E-state index in [9.17, 15) is 35.1 Å². The Balaban J connectivity index is 2.22. The summed E-state index contributed by atoms with van der Waals surface area (Å²) in [5.41, 5.74) is -0.990. The summed E-state index contributed by atoms with van der Waals surface area (Å²) in [4.78, 5) is 44.7. The van der Waals surface area contributed by atoms with Gasteiger partial charge in [0.1, 0.15) is 29.7 Å². The predicted octanol–water partition coefficient (Wildman–Crippen LogP) is 3.60. The van der Waals surface area contributed by atoms with Gasteiger partial charge in [-0.15, -0.1) is 0 Å². The average molecular weight is 475 g/mol. The van der Waals surface area contributed by atoms with E-state index in [-0.39, 0.29) is 75.9 Å². The van der Waals surface area contributed by atoms with Gasteiger partial charge in [-0.05, 0) is 18.2 Å². The Morgan fingerprint density at radius 1 is 0.833 bits per heavy atom. The summed E-state index contributed by atoms with van der Waals surface area (Å²) in [7, 11) is 0. The van der Waals surface area contributed by atoms with E-state index in [2.05, 4.69) is 0 Å². The van der Waals surface area contributed by atoms with Crippen LogP contribution in [0, 0.1) is 30.3 Å². The molecule has 17 heteroatoms. The SMILES string of the molecule is O=c1c2cc(OS[N+](=O)[O-])cc(OS[N+](=O)[O-])c2oc2cccc(OS[N+](=O)[O-])c12. The maximum Gasteiger partial charge on any atom is 0.468 e. The molecule has 0 atom stereocenters. The first kappa shape index (κ1) is 21.3. The van der Waals surface area contributed by atoms with Gasteiger partial charge in [0.25, 0.3) is 0 Å². The molecule has 1 aromatic heterocycles. The molecule has 0 N–H and O–H groups in total. The minimum atomic E-state index is -0.870. The van der Waals surface area contributed by atoms with Crippen LogP contribution in [0.1, 0.15) is 0 Å². The van der Waals surface area contributed by atoms with Gasteiger partial charge in [0.15, 0.2) is 17.1 Å². The lowest BCUT2D eigenvalue weighted by atomic mass is 10.1. The molecule has 0 saturated carbocycles. The minimum Gasteiger partial charge on any atom is -0.452 e. The monoisotopic (exact) mass is 475 g/mol. The third-order valence-electron chi connectivity index (χ3n) is 3.27. The quantitative estimate of drug-likeness (QED) is 0.143. The van der Waals surface area contributed by atoms with E-state index in [1.165, 1.54) is 18.2 Å². The zero-order chi connectivity index (χ0) is 21.8. The molecular weight excluding hydrogens is 470 g/mol. The van der Waals surface area contributed by atoms with Crippen LogP contribution in [0.15, 0.2) is 39.5 Å². The summed E-state index contributed by atoms with van der Waals surface area (Å²) in [6, 6.07) is 6.23. The van der Waals surface area contributed by atoms with Gasteiger partial charge in [-0.2, -0.15) is 0 Å². The normalized spacial score (nSPS) is 10.7. The third kappa shape index (κ3) is 4.75. The smallest absolute Gasteiger partial charge is 0.452 e. The molecular formula is C13H5N3O11S3. The molecule has 0 unspecified atom stereocenters. The number of fused-ring (bicyclic) bond motifs is 2. The molecule has 3 aromatic rings. The number of hydrogen-bond acceptors (Lipinski definition) is 14. The minimum absolute atomic E-state index is 0.0433. The highest BCUT2D eigenvalue weighted by molar-refractivity contribution is 7.89. The molecule has 0 bridgehead atoms. The standard InChI is InChI=1S/C13H5N3O11S3/c17-12-7-4-6(25-28-14(18)19)5-10(27-30-16(22)23)13(7)24-8-2-1-3-9(11(8)12)26-29-15(20)21/h1-5H. The molecule has 0 aliphatic rings. The molecule has 3 rings (SSSR count). The van der Waals surface area contributed by atoms with E-state index < -0.39 is 18.4 Å². The molecule has 14 nitrogen and oxygen atoms in total. The highest BCUT2D eigenvalue weighted by Crippen LogP contribution is 2.36. The van der Waals surface area contributed by atoms with Gasteiger partial charge in [-0.25, -0.2) is 30.3 Å². The summed E-state index contributed by atoms with van der Waals surface area (Å²) in [5.74, 6) is -0.705. The molecule has 30 heavy (non-hydrogen) atoms. The summed E-state index contributed by atoms with van der Waals surface area (Å²) in [6.07, 6.45) is 0. The first-order chi connectivity index (χ1) is 14.3. The lowest BCUT2D eigenvalue weighted by Gasteiger charge is -2.08. The number of hydrogen-bond donors (Lipinski definition) is 0. The van der Waals surface area contributed by atoms with E-state index >= 15 is 0 Å². The van der Waals surface area contributed by atoms with Crippen LogP contribution in [0.3, 0.4) is 0 Å². The van der Waals surface area contributed by atoms with Crippen LogP contribution >= 0.6 is 36.7 Å². The van der Waals surface area contributed by atoms with E-state index in [1.807, 2.05) is 0 Å². The van der Waals surface area contributed by atoms with Crippen molar-refractivity contribution in [2.75, 3.05) is 0 Å². The fraction of sp³-hybridized carbons (Fsp3) is 0. The lowest BCUT2D eigenvalue weighted by Crippen LogP contribution is -2.05. The first-order valence-electron chi connectivity index (χ1n) is 7.27. The Morgan fingerprint density at radius 3 is 2.07 bits per heavy atom. The van der Waals surface area contributed by atoms with Gasteiger partial charge in [-0.3, -0.25) is 4.79 Å². The molecule has 2 aromatic carbocycles. The Labute approximate surface area is 176 Å². The summed E-state index contributed by atoms with van der Waals surface area (Å²) in [6.45, 7) is 0. The van der Waals surface area contributed by atoms with Crippen molar-refractivity contribution in [3.63, 3.8) is 0 Å². The van der Waals surface area contributed by atoms with E-state index in [1.54, 1.807) is 0 Å². The molecule has 0 aliphatic carbocycles. The predicted molar refractivity (Wildman–Crippen MR) is 106 cm³/mol. The van der Waals surface area contributed by atoms with Gasteiger partial charge >= 0.3 is 36.7 Å². The molecule has 0 fully saturated rings. The molecule has 1 heterocycles. The van der Waals surface area contributed by atoms with Crippen molar-refractivity contribution >= 4 is 58.6 Å². The second kappa shape index (κ2) is 8.93. The first-order valence-corrected chi connectivity index (χ1v) is 9.36. The Bertz CT molecular complexity index is 1230. The van der Waals surface area contributed by atoms with Crippen molar-refractivity contribution in [1.29, 1.82) is 0 Å². The van der Waals surface area contributed by atoms with Gasteiger partial charge < -0.3 is 17.0 Å². The van der Waals surface area contributed by atoms with Crippen molar-refractivity contribution < 1.29 is 30.0 Å². The van der Waals surface area contributed by atoms with Gasteiger partial charge in [0.2, 0.25) is 5.43 Å².